The summed E-state index contributed by atoms with van der Waals surface area (Å²) in [7, 11) is 0. The topological polar surface area (TPSA) is 52.6 Å². The van der Waals surface area contributed by atoms with E-state index in [4.69, 9.17) is 9.47 Å². The van der Waals surface area contributed by atoms with Gasteiger partial charge in [0.2, 0.25) is 0 Å². The van der Waals surface area contributed by atoms with Crippen molar-refractivity contribution in [2.45, 2.75) is 174 Å². The Kier molecular flexibility index (Phi) is 16.0. The molecule has 4 nitrogen and oxygen atoms in total. The molecule has 4 unspecified atom stereocenters. The van der Waals surface area contributed by atoms with Crippen molar-refractivity contribution >= 4 is 11.9 Å². The number of esters is 2. The van der Waals surface area contributed by atoms with Crippen LogP contribution in [0.15, 0.2) is 0 Å². The lowest BCUT2D eigenvalue weighted by atomic mass is 9.69. The van der Waals surface area contributed by atoms with Gasteiger partial charge in [-0.3, -0.25) is 9.59 Å². The number of hydrogen-bond acceptors (Lipinski definition) is 4. The molecule has 0 aromatic carbocycles. The first-order chi connectivity index (χ1) is 19.6. The van der Waals surface area contributed by atoms with E-state index < -0.39 is 0 Å². The van der Waals surface area contributed by atoms with Gasteiger partial charge >= 0.3 is 11.9 Å². The van der Waals surface area contributed by atoms with Crippen molar-refractivity contribution in [2.24, 2.45) is 29.1 Å². The summed E-state index contributed by atoms with van der Waals surface area (Å²) in [5.74, 6) is 2.83. The SMILES string of the molecule is CCCCCCCCCCCC(=O)OCC1(COC(=O)CCCCCCCCCCC)CCC2C3CCC(C3)C21. The second-order valence-electron chi connectivity index (χ2n) is 13.9. The van der Waals surface area contributed by atoms with E-state index in [2.05, 4.69) is 13.8 Å². The highest BCUT2D eigenvalue weighted by molar-refractivity contribution is 5.70. The summed E-state index contributed by atoms with van der Waals surface area (Å²) in [5.41, 5.74) is -0.146. The van der Waals surface area contributed by atoms with Crippen LogP contribution in [0.1, 0.15) is 174 Å². The highest BCUT2D eigenvalue weighted by Crippen LogP contribution is 2.65. The van der Waals surface area contributed by atoms with Gasteiger partial charge in [-0.15, -0.1) is 0 Å². The zero-order valence-corrected chi connectivity index (χ0v) is 26.5. The normalized spacial score (nSPS) is 24.4. The first-order valence-electron chi connectivity index (χ1n) is 17.9. The lowest BCUT2D eigenvalue weighted by molar-refractivity contribution is -0.158. The third kappa shape index (κ3) is 11.0. The molecule has 3 rings (SSSR count). The molecule has 0 aliphatic heterocycles. The number of fused-ring (bicyclic) bond motifs is 5. The Hall–Kier alpha value is -1.06. The number of carbonyl (C=O) groups excluding carboxylic acids is 2. The van der Waals surface area contributed by atoms with E-state index in [1.54, 1.807) is 0 Å². The van der Waals surface area contributed by atoms with Crippen molar-refractivity contribution in [1.82, 2.24) is 0 Å². The molecule has 0 radical (unpaired) electrons. The standard InChI is InChI=1S/C36H64O4/c1-3-5-7-9-11-13-15-17-19-21-33(37)39-28-36(26-25-32-30-23-24-31(27-30)35(32)36)29-40-34(38)22-20-18-16-14-12-10-8-6-4-2/h30-32,35H,3-29H2,1-2H3. The highest BCUT2D eigenvalue weighted by atomic mass is 16.5. The van der Waals surface area contributed by atoms with Crippen molar-refractivity contribution in [3.63, 3.8) is 0 Å². The second kappa shape index (κ2) is 19.2. The molecule has 4 atom stereocenters. The van der Waals surface area contributed by atoms with E-state index >= 15 is 0 Å². The van der Waals surface area contributed by atoms with Crippen LogP contribution in [0, 0.1) is 29.1 Å². The molecule has 3 fully saturated rings. The minimum atomic E-state index is -0.146. The van der Waals surface area contributed by atoms with Gasteiger partial charge in [-0.2, -0.15) is 0 Å². The Balaban J connectivity index is 1.34. The largest absolute Gasteiger partial charge is 0.465 e. The monoisotopic (exact) mass is 560 g/mol. The van der Waals surface area contributed by atoms with Crippen molar-refractivity contribution in [2.75, 3.05) is 13.2 Å². The Morgan fingerprint density at radius 2 is 1.00 bits per heavy atom. The molecule has 0 N–H and O–H groups in total. The van der Waals surface area contributed by atoms with Gasteiger partial charge in [0.15, 0.2) is 0 Å². The Morgan fingerprint density at radius 1 is 0.575 bits per heavy atom. The minimum Gasteiger partial charge on any atom is -0.465 e. The van der Waals surface area contributed by atoms with Crippen LogP contribution in [0.4, 0.5) is 0 Å². The first kappa shape index (κ1) is 33.4. The molecule has 3 aliphatic rings. The molecule has 2 bridgehead atoms. The number of unbranched alkanes of at least 4 members (excludes halogenated alkanes) is 16. The van der Waals surface area contributed by atoms with Crippen LogP contribution in [-0.2, 0) is 19.1 Å². The fraction of sp³-hybridized carbons (Fsp3) is 0.944. The van der Waals surface area contributed by atoms with E-state index in [0.29, 0.717) is 32.0 Å². The molecule has 0 saturated heterocycles. The summed E-state index contributed by atoms with van der Waals surface area (Å²) in [6, 6.07) is 0. The van der Waals surface area contributed by atoms with Crippen LogP contribution in [-0.4, -0.2) is 25.2 Å². The predicted molar refractivity (Wildman–Crippen MR) is 165 cm³/mol. The molecule has 40 heavy (non-hydrogen) atoms. The zero-order valence-electron chi connectivity index (χ0n) is 26.5. The molecule has 3 aliphatic carbocycles. The van der Waals surface area contributed by atoms with Crippen molar-refractivity contribution in [3.8, 4) is 0 Å². The molecule has 0 amide bonds. The minimum absolute atomic E-state index is 0.0463. The number of rotatable bonds is 24. The summed E-state index contributed by atoms with van der Waals surface area (Å²) < 4.78 is 12.0. The predicted octanol–water partition coefficient (Wildman–Crippen LogP) is 10.4. The van der Waals surface area contributed by atoms with Crippen molar-refractivity contribution in [1.29, 1.82) is 0 Å². The average Bonchev–Trinajstić information content (AvgIpc) is 3.68. The van der Waals surface area contributed by atoms with Gasteiger partial charge in [-0.25, -0.2) is 0 Å². The summed E-state index contributed by atoms with van der Waals surface area (Å²) in [5, 5.41) is 0. The summed E-state index contributed by atoms with van der Waals surface area (Å²) in [6.45, 7) is 5.43. The van der Waals surface area contributed by atoms with E-state index in [1.807, 2.05) is 0 Å². The fourth-order valence-corrected chi connectivity index (χ4v) is 8.53. The van der Waals surface area contributed by atoms with Gasteiger partial charge < -0.3 is 9.47 Å². The third-order valence-electron chi connectivity index (χ3n) is 10.8. The Morgan fingerprint density at radius 3 is 1.48 bits per heavy atom. The van der Waals surface area contributed by atoms with Gasteiger partial charge in [-0.1, -0.05) is 117 Å². The van der Waals surface area contributed by atoms with Crippen LogP contribution >= 0.6 is 0 Å². The van der Waals surface area contributed by atoms with Crippen LogP contribution in [0.2, 0.25) is 0 Å². The van der Waals surface area contributed by atoms with Crippen LogP contribution in [0.25, 0.3) is 0 Å². The number of carbonyl (C=O) groups is 2. The second-order valence-corrected chi connectivity index (χ2v) is 13.9. The fourth-order valence-electron chi connectivity index (χ4n) is 8.53. The maximum atomic E-state index is 12.7. The number of hydrogen-bond donors (Lipinski definition) is 0. The molecule has 3 saturated carbocycles. The maximum Gasteiger partial charge on any atom is 0.305 e. The molecule has 4 heteroatoms. The summed E-state index contributed by atoms with van der Waals surface area (Å²) >= 11 is 0. The van der Waals surface area contributed by atoms with E-state index in [-0.39, 0.29) is 17.4 Å². The third-order valence-corrected chi connectivity index (χ3v) is 10.8. The van der Waals surface area contributed by atoms with Crippen LogP contribution in [0.3, 0.4) is 0 Å². The Bertz CT molecular complexity index is 665. The summed E-state index contributed by atoms with van der Waals surface area (Å²) in [4.78, 5) is 25.4. The average molecular weight is 561 g/mol. The van der Waals surface area contributed by atoms with Gasteiger partial charge in [0.25, 0.3) is 0 Å². The van der Waals surface area contributed by atoms with E-state index in [0.717, 1.165) is 49.9 Å². The van der Waals surface area contributed by atoms with Gasteiger partial charge in [0.1, 0.15) is 13.2 Å². The smallest absolute Gasteiger partial charge is 0.305 e. The lowest BCUT2D eigenvalue weighted by Gasteiger charge is -2.39. The first-order valence-corrected chi connectivity index (χ1v) is 17.9. The lowest BCUT2D eigenvalue weighted by Crippen LogP contribution is -2.41. The molecular formula is C36H64O4. The van der Waals surface area contributed by atoms with Gasteiger partial charge in [-0.05, 0) is 68.6 Å². The Labute approximate surface area is 247 Å². The molecule has 0 heterocycles. The van der Waals surface area contributed by atoms with E-state index in [9.17, 15) is 9.59 Å². The summed E-state index contributed by atoms with van der Waals surface area (Å²) in [6.07, 6.45) is 29.9. The van der Waals surface area contributed by atoms with Crippen LogP contribution < -0.4 is 0 Å². The van der Waals surface area contributed by atoms with E-state index in [1.165, 1.54) is 116 Å². The molecule has 0 spiro atoms. The molecule has 0 aromatic heterocycles. The maximum absolute atomic E-state index is 12.7. The van der Waals surface area contributed by atoms with Gasteiger partial charge in [0.05, 0.1) is 0 Å². The molecule has 232 valence electrons. The number of ether oxygens (including phenoxy) is 2. The highest BCUT2D eigenvalue weighted by Gasteiger charge is 2.60. The van der Waals surface area contributed by atoms with Crippen molar-refractivity contribution < 1.29 is 19.1 Å². The van der Waals surface area contributed by atoms with Crippen LogP contribution in [0.5, 0.6) is 0 Å². The quantitative estimate of drug-likeness (QED) is 0.0870. The van der Waals surface area contributed by atoms with Crippen molar-refractivity contribution in [3.05, 3.63) is 0 Å². The molecular weight excluding hydrogens is 496 g/mol. The zero-order chi connectivity index (χ0) is 28.5. The molecule has 0 aromatic rings. The van der Waals surface area contributed by atoms with Gasteiger partial charge in [0, 0.05) is 18.3 Å².